The summed E-state index contributed by atoms with van der Waals surface area (Å²) in [7, 11) is 1.83. The Bertz CT molecular complexity index is 803. The van der Waals surface area contributed by atoms with Crippen LogP contribution in [0.3, 0.4) is 0 Å². The highest BCUT2D eigenvalue weighted by Gasteiger charge is 2.10. The third kappa shape index (κ3) is 3.87. The smallest absolute Gasteiger partial charge is 0.230 e. The third-order valence-corrected chi connectivity index (χ3v) is 4.42. The minimum Gasteiger partial charge on any atom is -0.355 e. The van der Waals surface area contributed by atoms with Gasteiger partial charge >= 0.3 is 0 Å². The molecule has 0 aliphatic heterocycles. The van der Waals surface area contributed by atoms with Crippen molar-refractivity contribution in [2.45, 2.75) is 11.4 Å². The van der Waals surface area contributed by atoms with Crippen LogP contribution in [0.5, 0.6) is 0 Å². The average Bonchev–Trinajstić information content (AvgIpc) is 2.96. The van der Waals surface area contributed by atoms with Gasteiger partial charge in [0, 0.05) is 13.6 Å². The van der Waals surface area contributed by atoms with Crippen LogP contribution in [0.2, 0.25) is 0 Å². The predicted molar refractivity (Wildman–Crippen MR) is 90.2 cm³/mol. The van der Waals surface area contributed by atoms with Crippen molar-refractivity contribution >= 4 is 28.7 Å². The number of nitrogens with zero attached hydrogens (tertiary/aromatic N) is 4. The van der Waals surface area contributed by atoms with Crippen LogP contribution in [-0.2, 0) is 18.3 Å². The minimum absolute atomic E-state index is 0.00147. The molecule has 7 heteroatoms. The van der Waals surface area contributed by atoms with E-state index >= 15 is 0 Å². The molecule has 0 saturated heterocycles. The summed E-state index contributed by atoms with van der Waals surface area (Å²) in [5.41, 5.74) is 1.99. The lowest BCUT2D eigenvalue weighted by Crippen LogP contribution is -2.27. The van der Waals surface area contributed by atoms with Gasteiger partial charge < -0.3 is 5.32 Å². The number of nitrogens with one attached hydrogen (secondary N) is 1. The number of hydrogen-bond acceptors (Lipinski definition) is 5. The van der Waals surface area contributed by atoms with Gasteiger partial charge in [-0.2, -0.15) is 5.10 Å². The van der Waals surface area contributed by atoms with E-state index < -0.39 is 0 Å². The Morgan fingerprint density at radius 1 is 1.26 bits per heavy atom. The SMILES string of the molecule is Cn1ncc2c(SCC(=O)NCCc3ccccc3)ncnc21. The zero-order valence-electron chi connectivity index (χ0n) is 12.8. The number of amides is 1. The van der Waals surface area contributed by atoms with Gasteiger partial charge in [0.2, 0.25) is 5.91 Å². The summed E-state index contributed by atoms with van der Waals surface area (Å²) in [6.45, 7) is 0.634. The summed E-state index contributed by atoms with van der Waals surface area (Å²) in [6.07, 6.45) is 4.06. The number of rotatable bonds is 6. The van der Waals surface area contributed by atoms with Crippen molar-refractivity contribution in [3.8, 4) is 0 Å². The van der Waals surface area contributed by atoms with Crippen molar-refractivity contribution in [2.75, 3.05) is 12.3 Å². The van der Waals surface area contributed by atoms with Gasteiger partial charge in [0.1, 0.15) is 11.4 Å². The molecule has 6 nitrogen and oxygen atoms in total. The summed E-state index contributed by atoms with van der Waals surface area (Å²) in [5, 5.41) is 8.75. The third-order valence-electron chi connectivity index (χ3n) is 3.41. The molecule has 0 aliphatic carbocycles. The second-order valence-corrected chi connectivity index (χ2v) is 6.02. The van der Waals surface area contributed by atoms with Gasteiger partial charge in [-0.05, 0) is 12.0 Å². The quantitative estimate of drug-likeness (QED) is 0.552. The summed E-state index contributed by atoms with van der Waals surface area (Å²) >= 11 is 1.40. The molecule has 0 unspecified atom stereocenters. The molecule has 1 N–H and O–H groups in total. The van der Waals surface area contributed by atoms with Crippen LogP contribution >= 0.6 is 11.8 Å². The van der Waals surface area contributed by atoms with Gasteiger partial charge in [-0.3, -0.25) is 9.48 Å². The van der Waals surface area contributed by atoms with E-state index in [1.165, 1.54) is 23.7 Å². The zero-order chi connectivity index (χ0) is 16.1. The van der Waals surface area contributed by atoms with E-state index in [4.69, 9.17) is 0 Å². The Kier molecular flexibility index (Phi) is 4.87. The molecule has 0 fully saturated rings. The highest BCUT2D eigenvalue weighted by Crippen LogP contribution is 2.23. The Morgan fingerprint density at radius 2 is 2.09 bits per heavy atom. The van der Waals surface area contributed by atoms with Gasteiger partial charge in [-0.25, -0.2) is 9.97 Å². The molecule has 1 aromatic carbocycles. The Morgan fingerprint density at radius 3 is 2.91 bits per heavy atom. The lowest BCUT2D eigenvalue weighted by Gasteiger charge is -2.05. The standard InChI is InChI=1S/C16H17N5OS/c1-21-15-13(9-20-21)16(19-11-18-15)23-10-14(22)17-8-7-12-5-3-2-4-6-12/h2-6,9,11H,7-8,10H2,1H3,(H,17,22). The number of aromatic nitrogens is 4. The summed E-state index contributed by atoms with van der Waals surface area (Å²) < 4.78 is 1.70. The first kappa shape index (κ1) is 15.5. The molecular formula is C16H17N5OS. The van der Waals surface area contributed by atoms with E-state index in [9.17, 15) is 4.79 Å². The van der Waals surface area contributed by atoms with Crippen LogP contribution in [0, 0.1) is 0 Å². The molecule has 0 aliphatic rings. The first-order valence-corrected chi connectivity index (χ1v) is 8.29. The first-order valence-electron chi connectivity index (χ1n) is 7.30. The Labute approximate surface area is 138 Å². The highest BCUT2D eigenvalue weighted by molar-refractivity contribution is 8.00. The van der Waals surface area contributed by atoms with Crippen LogP contribution in [-0.4, -0.2) is 38.0 Å². The molecule has 2 heterocycles. The first-order chi connectivity index (χ1) is 11.2. The maximum Gasteiger partial charge on any atom is 0.230 e. The number of carbonyl (C=O) groups is 1. The van der Waals surface area contributed by atoms with Crippen LogP contribution in [0.1, 0.15) is 5.56 Å². The number of benzene rings is 1. The summed E-state index contributed by atoms with van der Waals surface area (Å²) in [6, 6.07) is 10.1. The lowest BCUT2D eigenvalue weighted by molar-refractivity contribution is -0.118. The van der Waals surface area contributed by atoms with E-state index in [-0.39, 0.29) is 5.91 Å². The van der Waals surface area contributed by atoms with Crippen LogP contribution in [0.15, 0.2) is 47.9 Å². The van der Waals surface area contributed by atoms with Gasteiger partial charge in [0.25, 0.3) is 0 Å². The van der Waals surface area contributed by atoms with Crippen molar-refractivity contribution in [1.29, 1.82) is 0 Å². The van der Waals surface area contributed by atoms with Crippen LogP contribution < -0.4 is 5.32 Å². The van der Waals surface area contributed by atoms with Crippen molar-refractivity contribution in [1.82, 2.24) is 25.1 Å². The fraction of sp³-hybridized carbons (Fsp3) is 0.250. The molecule has 23 heavy (non-hydrogen) atoms. The largest absolute Gasteiger partial charge is 0.355 e. The number of fused-ring (bicyclic) bond motifs is 1. The Balaban J connectivity index is 1.50. The van der Waals surface area contributed by atoms with E-state index in [0.717, 1.165) is 22.5 Å². The topological polar surface area (TPSA) is 72.7 Å². The maximum atomic E-state index is 12.0. The average molecular weight is 327 g/mol. The minimum atomic E-state index is 0.00147. The molecule has 0 saturated carbocycles. The monoisotopic (exact) mass is 327 g/mol. The summed E-state index contributed by atoms with van der Waals surface area (Å²) in [4.78, 5) is 20.4. The second kappa shape index (κ2) is 7.23. The van der Waals surface area contributed by atoms with Crippen molar-refractivity contribution < 1.29 is 4.79 Å². The van der Waals surface area contributed by atoms with Gasteiger partial charge in [-0.15, -0.1) is 0 Å². The fourth-order valence-electron chi connectivity index (χ4n) is 2.23. The molecule has 118 valence electrons. The molecule has 2 aromatic heterocycles. The number of carbonyl (C=O) groups excluding carboxylic acids is 1. The molecule has 0 atom stereocenters. The fourth-order valence-corrected chi connectivity index (χ4v) is 3.02. The molecule has 0 bridgehead atoms. The number of aryl methyl sites for hydroxylation is 1. The van der Waals surface area contributed by atoms with Crippen molar-refractivity contribution in [2.24, 2.45) is 7.05 Å². The molecule has 3 rings (SSSR count). The molecule has 1 amide bonds. The van der Waals surface area contributed by atoms with E-state index in [0.29, 0.717) is 12.3 Å². The predicted octanol–water partition coefficient (Wildman–Crippen LogP) is 1.81. The Hall–Kier alpha value is -2.41. The molecule has 0 spiro atoms. The van der Waals surface area contributed by atoms with Gasteiger partial charge in [0.15, 0.2) is 5.65 Å². The molecule has 0 radical (unpaired) electrons. The van der Waals surface area contributed by atoms with Gasteiger partial charge in [0.05, 0.1) is 17.3 Å². The zero-order valence-corrected chi connectivity index (χ0v) is 13.6. The number of hydrogen-bond donors (Lipinski definition) is 1. The second-order valence-electron chi connectivity index (χ2n) is 5.06. The number of thioether (sulfide) groups is 1. The maximum absolute atomic E-state index is 12.0. The van der Waals surface area contributed by atoms with Gasteiger partial charge in [-0.1, -0.05) is 42.1 Å². The normalized spacial score (nSPS) is 10.8. The van der Waals surface area contributed by atoms with E-state index in [2.05, 4.69) is 32.5 Å². The van der Waals surface area contributed by atoms with Crippen molar-refractivity contribution in [3.05, 3.63) is 48.4 Å². The van der Waals surface area contributed by atoms with E-state index in [1.807, 2.05) is 25.2 Å². The van der Waals surface area contributed by atoms with Crippen LogP contribution in [0.4, 0.5) is 0 Å². The van der Waals surface area contributed by atoms with Crippen molar-refractivity contribution in [3.63, 3.8) is 0 Å². The molecule has 3 aromatic rings. The van der Waals surface area contributed by atoms with E-state index in [1.54, 1.807) is 10.9 Å². The molecular weight excluding hydrogens is 310 g/mol. The van der Waals surface area contributed by atoms with Crippen LogP contribution in [0.25, 0.3) is 11.0 Å². The lowest BCUT2D eigenvalue weighted by atomic mass is 10.1. The summed E-state index contributed by atoms with van der Waals surface area (Å²) in [5.74, 6) is 0.331. The highest BCUT2D eigenvalue weighted by atomic mass is 32.2.